The molecule has 0 radical (unpaired) electrons. The molecule has 0 aliphatic carbocycles. The Hall–Kier alpha value is -2.71. The van der Waals surface area contributed by atoms with Crippen LogP contribution in [0.25, 0.3) is 21.5 Å². The zero-order valence-corrected chi connectivity index (χ0v) is 19.5. The quantitative estimate of drug-likeness (QED) is 0.655. The van der Waals surface area contributed by atoms with Crippen LogP contribution in [0.3, 0.4) is 0 Å². The second kappa shape index (κ2) is 8.09. The number of imidazole rings is 1. The highest BCUT2D eigenvalue weighted by molar-refractivity contribution is 7.17. The highest BCUT2D eigenvalue weighted by atomic mass is 32.1. The van der Waals surface area contributed by atoms with Crippen LogP contribution < -0.4 is 10.6 Å². The van der Waals surface area contributed by atoms with E-state index >= 15 is 0 Å². The molecule has 1 atom stereocenters. The van der Waals surface area contributed by atoms with Crippen LogP contribution in [0.5, 0.6) is 0 Å². The van der Waals surface area contributed by atoms with Crippen molar-refractivity contribution < 1.29 is 9.59 Å². The van der Waals surface area contributed by atoms with Gasteiger partial charge < -0.3 is 15.2 Å². The summed E-state index contributed by atoms with van der Waals surface area (Å²) in [5.41, 5.74) is 1.90. The molecule has 1 aromatic carbocycles. The zero-order chi connectivity index (χ0) is 22.3. The maximum absolute atomic E-state index is 13.4. The molecule has 2 aromatic heterocycles. The molecule has 0 saturated heterocycles. The van der Waals surface area contributed by atoms with E-state index in [2.05, 4.69) is 37.6 Å². The number of thiophene rings is 1. The van der Waals surface area contributed by atoms with Gasteiger partial charge in [-0.05, 0) is 18.5 Å². The number of nitrogens with one attached hydrogen (secondary N) is 2. The van der Waals surface area contributed by atoms with Crippen LogP contribution in [-0.2, 0) is 17.9 Å². The van der Waals surface area contributed by atoms with E-state index in [9.17, 15) is 9.59 Å². The standard InChI is InChI=1S/C23H29N5O2S/c1-23(2,3)19(22(30)24-4)26-21(29)18-16-12-27(5)10-11-28(16)20(25-18)15-13-31-17-9-7-6-8-14(15)17/h6-9,13,19H,10-12H2,1-5H3,(H,24,30)(H,26,29)/t19-/m1/s1. The summed E-state index contributed by atoms with van der Waals surface area (Å²) in [4.78, 5) is 32.8. The summed E-state index contributed by atoms with van der Waals surface area (Å²) < 4.78 is 3.36. The fourth-order valence-electron chi connectivity index (χ4n) is 4.05. The third-order valence-electron chi connectivity index (χ3n) is 5.78. The molecule has 2 N–H and O–H groups in total. The number of hydrogen-bond acceptors (Lipinski definition) is 5. The van der Waals surface area contributed by atoms with Crippen LogP contribution in [0, 0.1) is 5.41 Å². The van der Waals surface area contributed by atoms with Crippen molar-refractivity contribution in [3.63, 3.8) is 0 Å². The number of carbonyl (C=O) groups excluding carboxylic acids is 2. The zero-order valence-electron chi connectivity index (χ0n) is 18.7. The van der Waals surface area contributed by atoms with Gasteiger partial charge in [0.1, 0.15) is 11.9 Å². The molecular formula is C23H29N5O2S. The second-order valence-corrected chi connectivity index (χ2v) is 10.1. The van der Waals surface area contributed by atoms with E-state index in [4.69, 9.17) is 4.98 Å². The maximum Gasteiger partial charge on any atom is 0.272 e. The van der Waals surface area contributed by atoms with Gasteiger partial charge in [0.15, 0.2) is 5.69 Å². The number of carbonyl (C=O) groups is 2. The Morgan fingerprint density at radius 1 is 1.19 bits per heavy atom. The van der Waals surface area contributed by atoms with Gasteiger partial charge in [-0.25, -0.2) is 4.98 Å². The Balaban J connectivity index is 1.78. The van der Waals surface area contributed by atoms with Crippen molar-refractivity contribution in [2.24, 2.45) is 5.41 Å². The molecule has 31 heavy (non-hydrogen) atoms. The first-order chi connectivity index (χ1) is 14.7. The summed E-state index contributed by atoms with van der Waals surface area (Å²) in [5, 5.41) is 8.86. The van der Waals surface area contributed by atoms with Crippen LogP contribution in [0.15, 0.2) is 29.6 Å². The van der Waals surface area contributed by atoms with Crippen molar-refractivity contribution in [3.8, 4) is 11.4 Å². The van der Waals surface area contributed by atoms with Gasteiger partial charge in [-0.1, -0.05) is 39.0 Å². The number of benzene rings is 1. The minimum atomic E-state index is -0.658. The molecular weight excluding hydrogens is 410 g/mol. The lowest BCUT2D eigenvalue weighted by Gasteiger charge is -2.30. The van der Waals surface area contributed by atoms with E-state index in [1.54, 1.807) is 18.4 Å². The number of amides is 2. The van der Waals surface area contributed by atoms with Crippen molar-refractivity contribution in [1.29, 1.82) is 0 Å². The van der Waals surface area contributed by atoms with Crippen molar-refractivity contribution in [2.45, 2.75) is 39.9 Å². The van der Waals surface area contributed by atoms with Crippen molar-refractivity contribution in [1.82, 2.24) is 25.1 Å². The van der Waals surface area contributed by atoms with Crippen LogP contribution in [-0.4, -0.2) is 52.9 Å². The Bertz CT molecular complexity index is 1140. The van der Waals surface area contributed by atoms with Crippen molar-refractivity contribution >= 4 is 33.2 Å². The van der Waals surface area contributed by atoms with Gasteiger partial charge in [-0.15, -0.1) is 11.3 Å². The smallest absolute Gasteiger partial charge is 0.272 e. The summed E-state index contributed by atoms with van der Waals surface area (Å²) >= 11 is 1.68. The van der Waals surface area contributed by atoms with Crippen LogP contribution in [0.2, 0.25) is 0 Å². The summed E-state index contributed by atoms with van der Waals surface area (Å²) in [6.07, 6.45) is 0. The molecule has 3 aromatic rings. The minimum absolute atomic E-state index is 0.213. The molecule has 0 unspecified atom stereocenters. The molecule has 7 nitrogen and oxygen atoms in total. The number of fused-ring (bicyclic) bond motifs is 2. The summed E-state index contributed by atoms with van der Waals surface area (Å²) in [7, 11) is 3.63. The SMILES string of the molecule is CNC(=O)[C@@H](NC(=O)c1nc(-c2csc3ccccc23)n2c1CN(C)CC2)C(C)(C)C. The molecule has 0 fully saturated rings. The number of nitrogens with zero attached hydrogens (tertiary/aromatic N) is 3. The molecule has 2 amide bonds. The number of hydrogen-bond donors (Lipinski definition) is 2. The lowest BCUT2D eigenvalue weighted by Crippen LogP contribution is -2.53. The van der Waals surface area contributed by atoms with Gasteiger partial charge in [0.05, 0.1) is 5.69 Å². The summed E-state index contributed by atoms with van der Waals surface area (Å²) in [6.45, 7) is 8.11. The van der Waals surface area contributed by atoms with Crippen LogP contribution in [0.1, 0.15) is 37.0 Å². The highest BCUT2D eigenvalue weighted by Gasteiger charge is 2.35. The average Bonchev–Trinajstić information content (AvgIpc) is 3.31. The van der Waals surface area contributed by atoms with Crippen LogP contribution >= 0.6 is 11.3 Å². The highest BCUT2D eigenvalue weighted by Crippen LogP contribution is 2.35. The van der Waals surface area contributed by atoms with Gasteiger partial charge in [0, 0.05) is 47.7 Å². The van der Waals surface area contributed by atoms with E-state index in [1.807, 2.05) is 40.0 Å². The lowest BCUT2D eigenvalue weighted by molar-refractivity contribution is -0.124. The molecule has 1 aliphatic rings. The van der Waals surface area contributed by atoms with Gasteiger partial charge in [-0.3, -0.25) is 14.5 Å². The first kappa shape index (κ1) is 21.5. The second-order valence-electron chi connectivity index (χ2n) is 9.15. The van der Waals surface area contributed by atoms with E-state index in [0.717, 1.165) is 35.6 Å². The number of rotatable bonds is 4. The molecule has 4 rings (SSSR count). The van der Waals surface area contributed by atoms with E-state index < -0.39 is 11.5 Å². The van der Waals surface area contributed by atoms with E-state index in [0.29, 0.717) is 12.2 Å². The summed E-state index contributed by atoms with van der Waals surface area (Å²) in [6, 6.07) is 7.59. The molecule has 0 bridgehead atoms. The Morgan fingerprint density at radius 2 is 1.94 bits per heavy atom. The Labute approximate surface area is 186 Å². The van der Waals surface area contributed by atoms with Crippen molar-refractivity contribution in [2.75, 3.05) is 20.6 Å². The molecule has 164 valence electrons. The Kier molecular flexibility index (Phi) is 5.61. The topological polar surface area (TPSA) is 79.3 Å². The Morgan fingerprint density at radius 3 is 2.65 bits per heavy atom. The van der Waals surface area contributed by atoms with Crippen molar-refractivity contribution in [3.05, 3.63) is 41.0 Å². The summed E-state index contributed by atoms with van der Waals surface area (Å²) in [5.74, 6) is 0.293. The third-order valence-corrected chi connectivity index (χ3v) is 6.75. The van der Waals surface area contributed by atoms with Gasteiger partial charge >= 0.3 is 0 Å². The van der Waals surface area contributed by atoms with Gasteiger partial charge in [0.2, 0.25) is 5.91 Å². The third kappa shape index (κ3) is 3.97. The predicted octanol–water partition coefficient (Wildman–Crippen LogP) is 3.10. The monoisotopic (exact) mass is 439 g/mol. The predicted molar refractivity (Wildman–Crippen MR) is 124 cm³/mol. The molecule has 0 saturated carbocycles. The molecule has 8 heteroatoms. The minimum Gasteiger partial charge on any atom is -0.357 e. The van der Waals surface area contributed by atoms with E-state index in [1.165, 1.54) is 4.70 Å². The molecule has 1 aliphatic heterocycles. The van der Waals surface area contributed by atoms with Gasteiger partial charge in [-0.2, -0.15) is 0 Å². The van der Waals surface area contributed by atoms with Crippen LogP contribution in [0.4, 0.5) is 0 Å². The maximum atomic E-state index is 13.4. The lowest BCUT2D eigenvalue weighted by atomic mass is 9.86. The number of aromatic nitrogens is 2. The fraction of sp³-hybridized carbons (Fsp3) is 0.435. The molecule has 0 spiro atoms. The number of likely N-dealkylation sites (N-methyl/N-ethyl adjacent to an activating group) is 2. The fourth-order valence-corrected chi connectivity index (χ4v) is 4.99. The molecule has 3 heterocycles. The normalized spacial score (nSPS) is 15.5. The largest absolute Gasteiger partial charge is 0.357 e. The first-order valence-electron chi connectivity index (χ1n) is 10.5. The van der Waals surface area contributed by atoms with E-state index in [-0.39, 0.29) is 11.8 Å². The van der Waals surface area contributed by atoms with Gasteiger partial charge in [0.25, 0.3) is 5.91 Å². The average molecular weight is 440 g/mol. The first-order valence-corrected chi connectivity index (χ1v) is 11.4.